The van der Waals surface area contributed by atoms with Gasteiger partial charge in [0.15, 0.2) is 0 Å². The van der Waals surface area contributed by atoms with Crippen LogP contribution >= 0.6 is 0 Å². The molecule has 1 N–H and O–H groups in total. The highest BCUT2D eigenvalue weighted by atomic mass is 16.5. The molecule has 1 fully saturated rings. The second-order valence-corrected chi connectivity index (χ2v) is 3.79. The predicted octanol–water partition coefficient (Wildman–Crippen LogP) is 0.893. The third-order valence-corrected chi connectivity index (χ3v) is 2.77. The molecular weight excluding hydrogens is 206 g/mol. The fourth-order valence-corrected chi connectivity index (χ4v) is 1.94. The highest BCUT2D eigenvalue weighted by Crippen LogP contribution is 2.28. The van der Waals surface area contributed by atoms with E-state index in [2.05, 4.69) is 4.90 Å². The highest BCUT2D eigenvalue weighted by Gasteiger charge is 2.21. The van der Waals surface area contributed by atoms with Crippen molar-refractivity contribution in [2.75, 3.05) is 38.3 Å². The quantitative estimate of drug-likeness (QED) is 0.826. The predicted molar refractivity (Wildman–Crippen MR) is 62.0 cm³/mol. The Morgan fingerprint density at radius 3 is 3.06 bits per heavy atom. The number of anilines is 1. The molecular formula is C12H17NO3. The largest absolute Gasteiger partial charge is 0.495 e. The van der Waals surface area contributed by atoms with Gasteiger partial charge in [-0.05, 0) is 12.1 Å². The topological polar surface area (TPSA) is 41.9 Å². The Labute approximate surface area is 95.4 Å². The molecule has 0 aliphatic carbocycles. The van der Waals surface area contributed by atoms with Crippen molar-refractivity contribution in [3.63, 3.8) is 0 Å². The minimum absolute atomic E-state index is 0.0612. The van der Waals surface area contributed by atoms with Crippen molar-refractivity contribution in [3.8, 4) is 5.75 Å². The first-order valence-electron chi connectivity index (χ1n) is 5.45. The zero-order valence-corrected chi connectivity index (χ0v) is 9.43. The van der Waals surface area contributed by atoms with Gasteiger partial charge in [-0.1, -0.05) is 12.1 Å². The van der Waals surface area contributed by atoms with Crippen molar-refractivity contribution in [1.29, 1.82) is 0 Å². The van der Waals surface area contributed by atoms with E-state index in [4.69, 9.17) is 14.6 Å². The lowest BCUT2D eigenvalue weighted by molar-refractivity contribution is 0.00347. The molecule has 88 valence electrons. The highest BCUT2D eigenvalue weighted by molar-refractivity contribution is 5.58. The fourth-order valence-electron chi connectivity index (χ4n) is 1.94. The molecule has 1 aliphatic heterocycles. The molecule has 0 bridgehead atoms. The van der Waals surface area contributed by atoms with Crippen LogP contribution in [0.2, 0.25) is 0 Å². The van der Waals surface area contributed by atoms with Crippen molar-refractivity contribution in [2.45, 2.75) is 6.10 Å². The van der Waals surface area contributed by atoms with Gasteiger partial charge in [0.25, 0.3) is 0 Å². The second kappa shape index (κ2) is 5.18. The van der Waals surface area contributed by atoms with Gasteiger partial charge in [0.1, 0.15) is 5.75 Å². The van der Waals surface area contributed by atoms with Gasteiger partial charge in [0.05, 0.1) is 32.1 Å². The molecule has 1 aromatic carbocycles. The van der Waals surface area contributed by atoms with Crippen molar-refractivity contribution in [2.24, 2.45) is 0 Å². The Balaban J connectivity index is 2.16. The van der Waals surface area contributed by atoms with Crippen LogP contribution in [0.15, 0.2) is 24.3 Å². The maximum atomic E-state index is 9.10. The van der Waals surface area contributed by atoms with E-state index in [9.17, 15) is 0 Å². The Hall–Kier alpha value is -1.26. The van der Waals surface area contributed by atoms with Crippen LogP contribution in [0.25, 0.3) is 0 Å². The van der Waals surface area contributed by atoms with Gasteiger partial charge in [-0.2, -0.15) is 0 Å². The molecule has 0 radical (unpaired) electrons. The number of hydrogen-bond donors (Lipinski definition) is 1. The number of para-hydroxylation sites is 2. The van der Waals surface area contributed by atoms with Crippen LogP contribution in [0.1, 0.15) is 0 Å². The van der Waals surface area contributed by atoms with E-state index in [0.717, 1.165) is 18.0 Å². The van der Waals surface area contributed by atoms with Gasteiger partial charge in [-0.25, -0.2) is 0 Å². The van der Waals surface area contributed by atoms with Gasteiger partial charge >= 0.3 is 0 Å². The van der Waals surface area contributed by atoms with E-state index in [1.165, 1.54) is 0 Å². The van der Waals surface area contributed by atoms with Crippen LogP contribution in [0, 0.1) is 0 Å². The molecule has 16 heavy (non-hydrogen) atoms. The molecule has 0 saturated carbocycles. The van der Waals surface area contributed by atoms with E-state index in [0.29, 0.717) is 13.2 Å². The van der Waals surface area contributed by atoms with Gasteiger partial charge in [0.2, 0.25) is 0 Å². The molecule has 4 heteroatoms. The Morgan fingerprint density at radius 2 is 2.31 bits per heavy atom. The summed E-state index contributed by atoms with van der Waals surface area (Å²) in [5.41, 5.74) is 1.06. The minimum Gasteiger partial charge on any atom is -0.495 e. The van der Waals surface area contributed by atoms with Crippen LogP contribution < -0.4 is 9.64 Å². The molecule has 1 atom stereocenters. The first-order chi connectivity index (χ1) is 7.85. The number of morpholine rings is 1. The van der Waals surface area contributed by atoms with Crippen molar-refractivity contribution >= 4 is 5.69 Å². The zero-order valence-electron chi connectivity index (χ0n) is 9.43. The van der Waals surface area contributed by atoms with Crippen LogP contribution in [0.3, 0.4) is 0 Å². The zero-order chi connectivity index (χ0) is 11.4. The third kappa shape index (κ3) is 2.28. The average Bonchev–Trinajstić information content (AvgIpc) is 2.38. The number of rotatable bonds is 3. The smallest absolute Gasteiger partial charge is 0.142 e. The SMILES string of the molecule is COc1ccccc1N1CCOC(CO)C1. The average molecular weight is 223 g/mol. The summed E-state index contributed by atoms with van der Waals surface area (Å²) in [7, 11) is 1.67. The first kappa shape index (κ1) is 11.2. The van der Waals surface area contributed by atoms with Gasteiger partial charge in [-0.15, -0.1) is 0 Å². The number of aliphatic hydroxyl groups is 1. The Bertz CT molecular complexity index is 343. The van der Waals surface area contributed by atoms with Crippen molar-refractivity contribution in [1.82, 2.24) is 0 Å². The van der Waals surface area contributed by atoms with Crippen LogP contribution in [-0.2, 0) is 4.74 Å². The summed E-state index contributed by atoms with van der Waals surface area (Å²) in [6, 6.07) is 7.91. The Kier molecular flexibility index (Phi) is 3.64. The number of hydrogen-bond acceptors (Lipinski definition) is 4. The van der Waals surface area contributed by atoms with Crippen molar-refractivity contribution in [3.05, 3.63) is 24.3 Å². The number of aliphatic hydroxyl groups excluding tert-OH is 1. The normalized spacial score (nSPS) is 20.9. The monoisotopic (exact) mass is 223 g/mol. The van der Waals surface area contributed by atoms with Gasteiger partial charge in [0, 0.05) is 13.1 Å². The number of nitrogens with zero attached hydrogens (tertiary/aromatic N) is 1. The number of ether oxygens (including phenoxy) is 2. The van der Waals surface area contributed by atoms with Crippen LogP contribution in [0.5, 0.6) is 5.75 Å². The fraction of sp³-hybridized carbons (Fsp3) is 0.500. The molecule has 4 nitrogen and oxygen atoms in total. The molecule has 0 aromatic heterocycles. The second-order valence-electron chi connectivity index (χ2n) is 3.79. The molecule has 0 spiro atoms. The lowest BCUT2D eigenvalue weighted by Crippen LogP contribution is -2.44. The summed E-state index contributed by atoms with van der Waals surface area (Å²) >= 11 is 0. The summed E-state index contributed by atoms with van der Waals surface area (Å²) in [6.45, 7) is 2.24. The summed E-state index contributed by atoms with van der Waals surface area (Å²) in [4.78, 5) is 2.18. The van der Waals surface area contributed by atoms with Crippen LogP contribution in [0.4, 0.5) is 5.69 Å². The lowest BCUT2D eigenvalue weighted by atomic mass is 10.2. The Morgan fingerprint density at radius 1 is 1.50 bits per heavy atom. The summed E-state index contributed by atoms with van der Waals surface area (Å²) in [6.07, 6.45) is -0.0985. The van der Waals surface area contributed by atoms with E-state index < -0.39 is 0 Å². The molecule has 1 aliphatic rings. The molecule has 1 unspecified atom stereocenters. The summed E-state index contributed by atoms with van der Waals surface area (Å²) in [5.74, 6) is 0.862. The molecule has 1 heterocycles. The molecule has 1 saturated heterocycles. The van der Waals surface area contributed by atoms with Gasteiger partial charge < -0.3 is 19.5 Å². The maximum absolute atomic E-state index is 9.10. The molecule has 0 amide bonds. The summed E-state index contributed by atoms with van der Waals surface area (Å²) < 4.78 is 10.7. The van der Waals surface area contributed by atoms with E-state index >= 15 is 0 Å². The standard InChI is InChI=1S/C12H17NO3/c1-15-12-5-3-2-4-11(12)13-6-7-16-10(8-13)9-14/h2-5,10,14H,6-9H2,1H3. The van der Waals surface area contributed by atoms with Crippen LogP contribution in [-0.4, -0.2) is 44.6 Å². The lowest BCUT2D eigenvalue weighted by Gasteiger charge is -2.34. The molecule has 1 aromatic rings. The van der Waals surface area contributed by atoms with Crippen molar-refractivity contribution < 1.29 is 14.6 Å². The minimum atomic E-state index is -0.0985. The van der Waals surface area contributed by atoms with E-state index in [-0.39, 0.29) is 12.7 Å². The number of benzene rings is 1. The number of methoxy groups -OCH3 is 1. The van der Waals surface area contributed by atoms with E-state index in [1.54, 1.807) is 7.11 Å². The summed E-state index contributed by atoms with van der Waals surface area (Å²) in [5, 5.41) is 9.10. The molecule has 2 rings (SSSR count). The van der Waals surface area contributed by atoms with E-state index in [1.807, 2.05) is 24.3 Å². The third-order valence-electron chi connectivity index (χ3n) is 2.77. The van der Waals surface area contributed by atoms with Gasteiger partial charge in [-0.3, -0.25) is 0 Å². The first-order valence-corrected chi connectivity index (χ1v) is 5.45. The maximum Gasteiger partial charge on any atom is 0.142 e.